The first kappa shape index (κ1) is 12.4. The maximum atomic E-state index is 12.7. The highest BCUT2D eigenvalue weighted by Crippen LogP contribution is 2.42. The molecular weight excluding hydrogens is 248 g/mol. The van der Waals surface area contributed by atoms with Gasteiger partial charge in [0.1, 0.15) is 0 Å². The molecule has 2 N–H and O–H groups in total. The lowest BCUT2D eigenvalue weighted by Gasteiger charge is -2.06. The SMILES string of the molecule is O=C(O)CCCNc1ccc2c(c1)OC(F)(F)O2. The summed E-state index contributed by atoms with van der Waals surface area (Å²) in [6.45, 7) is 0.433. The highest BCUT2D eigenvalue weighted by atomic mass is 19.3. The van der Waals surface area contributed by atoms with Crippen LogP contribution >= 0.6 is 0 Å². The molecule has 1 aliphatic rings. The van der Waals surface area contributed by atoms with Crippen LogP contribution in [0, 0.1) is 0 Å². The summed E-state index contributed by atoms with van der Waals surface area (Å²) in [5, 5.41) is 11.4. The Morgan fingerprint density at radius 1 is 1.33 bits per heavy atom. The van der Waals surface area contributed by atoms with Crippen LogP contribution in [0.5, 0.6) is 11.5 Å². The predicted molar refractivity (Wildman–Crippen MR) is 58.0 cm³/mol. The van der Waals surface area contributed by atoms with Gasteiger partial charge in [-0.05, 0) is 18.6 Å². The molecule has 2 rings (SSSR count). The lowest BCUT2D eigenvalue weighted by Crippen LogP contribution is -2.25. The average molecular weight is 259 g/mol. The van der Waals surface area contributed by atoms with E-state index in [1.807, 2.05) is 0 Å². The minimum absolute atomic E-state index is 0.0175. The molecule has 0 bridgehead atoms. The van der Waals surface area contributed by atoms with Gasteiger partial charge in [0.25, 0.3) is 0 Å². The number of halogens is 2. The number of hydrogen-bond donors (Lipinski definition) is 2. The van der Waals surface area contributed by atoms with Gasteiger partial charge < -0.3 is 19.9 Å². The molecule has 0 fully saturated rings. The fourth-order valence-corrected chi connectivity index (χ4v) is 1.53. The van der Waals surface area contributed by atoms with Gasteiger partial charge in [0, 0.05) is 24.7 Å². The van der Waals surface area contributed by atoms with Crippen molar-refractivity contribution in [2.45, 2.75) is 19.1 Å². The quantitative estimate of drug-likeness (QED) is 0.794. The summed E-state index contributed by atoms with van der Waals surface area (Å²) in [4.78, 5) is 10.3. The number of carboxylic acid groups (broad SMARTS) is 1. The number of anilines is 1. The number of ether oxygens (including phenoxy) is 2. The van der Waals surface area contributed by atoms with Crippen LogP contribution in [0.15, 0.2) is 18.2 Å². The van der Waals surface area contributed by atoms with Gasteiger partial charge in [-0.25, -0.2) is 0 Å². The van der Waals surface area contributed by atoms with Crippen molar-refractivity contribution in [2.75, 3.05) is 11.9 Å². The second-order valence-electron chi connectivity index (χ2n) is 3.75. The highest BCUT2D eigenvalue weighted by Gasteiger charge is 2.43. The van der Waals surface area contributed by atoms with Crippen LogP contribution in [0.1, 0.15) is 12.8 Å². The fraction of sp³-hybridized carbons (Fsp3) is 0.364. The molecule has 5 nitrogen and oxygen atoms in total. The van der Waals surface area contributed by atoms with E-state index in [0.29, 0.717) is 18.7 Å². The van der Waals surface area contributed by atoms with Crippen molar-refractivity contribution in [3.05, 3.63) is 18.2 Å². The minimum Gasteiger partial charge on any atom is -0.481 e. The number of hydrogen-bond acceptors (Lipinski definition) is 4. The second-order valence-corrected chi connectivity index (χ2v) is 3.75. The van der Waals surface area contributed by atoms with Crippen LogP contribution in [0.3, 0.4) is 0 Å². The van der Waals surface area contributed by atoms with Crippen molar-refractivity contribution in [3.8, 4) is 11.5 Å². The lowest BCUT2D eigenvalue weighted by atomic mass is 10.2. The summed E-state index contributed by atoms with van der Waals surface area (Å²) < 4.78 is 34.0. The van der Waals surface area contributed by atoms with Crippen molar-refractivity contribution < 1.29 is 28.2 Å². The zero-order chi connectivity index (χ0) is 13.2. The number of rotatable bonds is 5. The molecule has 0 atom stereocenters. The Kier molecular flexibility index (Phi) is 3.22. The van der Waals surface area contributed by atoms with Gasteiger partial charge in [-0.15, -0.1) is 8.78 Å². The highest BCUT2D eigenvalue weighted by molar-refractivity contribution is 5.66. The molecule has 0 aromatic heterocycles. The Bertz CT molecular complexity index is 464. The zero-order valence-corrected chi connectivity index (χ0v) is 9.28. The van der Waals surface area contributed by atoms with Gasteiger partial charge in [0.15, 0.2) is 11.5 Å². The van der Waals surface area contributed by atoms with E-state index in [0.717, 1.165) is 0 Å². The van der Waals surface area contributed by atoms with E-state index >= 15 is 0 Å². The molecule has 18 heavy (non-hydrogen) atoms. The van der Waals surface area contributed by atoms with Crippen LogP contribution < -0.4 is 14.8 Å². The number of fused-ring (bicyclic) bond motifs is 1. The van der Waals surface area contributed by atoms with Crippen LogP contribution in [0.4, 0.5) is 14.5 Å². The summed E-state index contributed by atoms with van der Waals surface area (Å²) in [6, 6.07) is 4.32. The van der Waals surface area contributed by atoms with E-state index in [9.17, 15) is 13.6 Å². The third kappa shape index (κ3) is 2.99. The molecule has 0 radical (unpaired) electrons. The Hall–Kier alpha value is -2.05. The first-order valence-corrected chi connectivity index (χ1v) is 5.32. The molecule has 1 aliphatic heterocycles. The molecule has 1 heterocycles. The van der Waals surface area contributed by atoms with Crippen molar-refractivity contribution in [1.29, 1.82) is 0 Å². The molecule has 0 saturated carbocycles. The van der Waals surface area contributed by atoms with Gasteiger partial charge in [-0.2, -0.15) is 0 Å². The lowest BCUT2D eigenvalue weighted by molar-refractivity contribution is -0.286. The Morgan fingerprint density at radius 2 is 2.06 bits per heavy atom. The number of carboxylic acids is 1. The van der Waals surface area contributed by atoms with Gasteiger partial charge >= 0.3 is 12.3 Å². The van der Waals surface area contributed by atoms with Crippen molar-refractivity contribution in [3.63, 3.8) is 0 Å². The topological polar surface area (TPSA) is 67.8 Å². The fourth-order valence-electron chi connectivity index (χ4n) is 1.53. The number of aliphatic carboxylic acids is 1. The van der Waals surface area contributed by atoms with E-state index in [4.69, 9.17) is 5.11 Å². The average Bonchev–Trinajstić information content (AvgIpc) is 2.57. The third-order valence-corrected chi connectivity index (χ3v) is 2.30. The molecule has 1 aromatic carbocycles. The maximum Gasteiger partial charge on any atom is 0.586 e. The van der Waals surface area contributed by atoms with Gasteiger partial charge in [-0.1, -0.05) is 0 Å². The predicted octanol–water partition coefficient (Wildman–Crippen LogP) is 2.28. The largest absolute Gasteiger partial charge is 0.586 e. The summed E-state index contributed by atoms with van der Waals surface area (Å²) in [7, 11) is 0. The van der Waals surface area contributed by atoms with Gasteiger partial charge in [0.05, 0.1) is 0 Å². The summed E-state index contributed by atoms with van der Waals surface area (Å²) in [5.41, 5.74) is 0.570. The number of carbonyl (C=O) groups is 1. The summed E-state index contributed by atoms with van der Waals surface area (Å²) in [6.07, 6.45) is -3.13. The summed E-state index contributed by atoms with van der Waals surface area (Å²) >= 11 is 0. The van der Waals surface area contributed by atoms with E-state index < -0.39 is 12.3 Å². The van der Waals surface area contributed by atoms with Crippen molar-refractivity contribution >= 4 is 11.7 Å². The molecule has 1 aromatic rings. The molecule has 7 heteroatoms. The zero-order valence-electron chi connectivity index (χ0n) is 9.28. The van der Waals surface area contributed by atoms with Crippen LogP contribution in [-0.4, -0.2) is 23.9 Å². The first-order valence-electron chi connectivity index (χ1n) is 5.32. The smallest absolute Gasteiger partial charge is 0.481 e. The Labute approximate surface area is 101 Å². The van der Waals surface area contributed by atoms with Crippen LogP contribution in [0.25, 0.3) is 0 Å². The first-order chi connectivity index (χ1) is 8.46. The summed E-state index contributed by atoms with van der Waals surface area (Å²) in [5.74, 6) is -0.929. The monoisotopic (exact) mass is 259 g/mol. The maximum absolute atomic E-state index is 12.7. The number of alkyl halides is 2. The Morgan fingerprint density at radius 3 is 2.78 bits per heavy atom. The second kappa shape index (κ2) is 4.67. The van der Waals surface area contributed by atoms with Gasteiger partial charge in [0.2, 0.25) is 0 Å². The van der Waals surface area contributed by atoms with Crippen molar-refractivity contribution in [1.82, 2.24) is 0 Å². The third-order valence-electron chi connectivity index (χ3n) is 2.30. The van der Waals surface area contributed by atoms with Crippen LogP contribution in [0.2, 0.25) is 0 Å². The minimum atomic E-state index is -3.62. The molecule has 0 spiro atoms. The molecule has 0 aliphatic carbocycles. The van der Waals surface area contributed by atoms with Crippen LogP contribution in [-0.2, 0) is 4.79 Å². The Balaban J connectivity index is 1.91. The molecule has 0 unspecified atom stereocenters. The number of benzene rings is 1. The number of nitrogens with one attached hydrogen (secondary N) is 1. The normalized spacial score (nSPS) is 15.4. The standard InChI is InChI=1S/C11H11F2NO4/c12-11(13)17-8-4-3-7(6-9(8)18-11)14-5-1-2-10(15)16/h3-4,6,14H,1-2,5H2,(H,15,16). The molecular formula is C11H11F2NO4. The van der Waals surface area contributed by atoms with E-state index in [1.54, 1.807) is 6.07 Å². The van der Waals surface area contributed by atoms with E-state index in [-0.39, 0.29) is 17.9 Å². The molecule has 0 saturated heterocycles. The van der Waals surface area contributed by atoms with Crippen molar-refractivity contribution in [2.24, 2.45) is 0 Å². The molecule has 0 amide bonds. The van der Waals surface area contributed by atoms with Gasteiger partial charge in [-0.3, -0.25) is 4.79 Å². The van der Waals surface area contributed by atoms with E-state index in [1.165, 1.54) is 12.1 Å². The van der Waals surface area contributed by atoms with E-state index in [2.05, 4.69) is 14.8 Å². The molecule has 98 valence electrons.